The standard InChI is InChI=1S/C33H48N6O10/c1-47-20-21-49-23-22-48-19-17-39-14-10-36-32(45)26-6-2-4-24(28(26)41)30(43)34-8-12-38(16-18-40)13-9-35-31(44)25-5-3-7-27(29(25)42)33(46)37-11-15-39/h2-7,40-42H,8-23H2,1H3,(H,34,43)(H,35,44)(H,36,45)(H,37,46). The van der Waals surface area contributed by atoms with Crippen molar-refractivity contribution in [2.24, 2.45) is 0 Å². The van der Waals surface area contributed by atoms with Gasteiger partial charge in [0.25, 0.3) is 23.6 Å². The van der Waals surface area contributed by atoms with Crippen LogP contribution in [0.3, 0.4) is 0 Å². The third kappa shape index (κ3) is 12.9. The van der Waals surface area contributed by atoms with Gasteiger partial charge in [0.1, 0.15) is 11.5 Å². The molecule has 7 N–H and O–H groups in total. The molecule has 16 nitrogen and oxygen atoms in total. The minimum atomic E-state index is -0.577. The number of rotatable bonds is 11. The van der Waals surface area contributed by atoms with Crippen LogP contribution < -0.4 is 21.3 Å². The second-order valence-corrected chi connectivity index (χ2v) is 11.1. The van der Waals surface area contributed by atoms with Gasteiger partial charge in [-0.15, -0.1) is 0 Å². The molecule has 0 fully saturated rings. The smallest absolute Gasteiger partial charge is 0.255 e. The predicted octanol–water partition coefficient (Wildman–Crippen LogP) is -0.993. The Morgan fingerprint density at radius 1 is 0.571 bits per heavy atom. The number of aliphatic hydroxyl groups excluding tert-OH is 1. The molecule has 1 aliphatic rings. The first kappa shape index (κ1) is 39.1. The van der Waals surface area contributed by atoms with E-state index >= 15 is 0 Å². The molecule has 270 valence electrons. The summed E-state index contributed by atoms with van der Waals surface area (Å²) in [7, 11) is 1.59. The number of nitrogens with zero attached hydrogens (tertiary/aromatic N) is 2. The van der Waals surface area contributed by atoms with Gasteiger partial charge in [0.2, 0.25) is 0 Å². The zero-order valence-electron chi connectivity index (χ0n) is 27.9. The number of aromatic hydroxyl groups is 2. The van der Waals surface area contributed by atoms with Crippen LogP contribution in [0.4, 0.5) is 0 Å². The highest BCUT2D eigenvalue weighted by atomic mass is 16.5. The topological polar surface area (TPSA) is 211 Å². The minimum absolute atomic E-state index is 0.0580. The molecule has 49 heavy (non-hydrogen) atoms. The highest BCUT2D eigenvalue weighted by molar-refractivity contribution is 6.04. The van der Waals surface area contributed by atoms with Crippen LogP contribution in [0.25, 0.3) is 0 Å². The Labute approximate surface area is 285 Å². The van der Waals surface area contributed by atoms with E-state index in [2.05, 4.69) is 21.3 Å². The van der Waals surface area contributed by atoms with Crippen LogP contribution in [0, 0.1) is 0 Å². The van der Waals surface area contributed by atoms with Crippen molar-refractivity contribution in [3.63, 3.8) is 0 Å². The Bertz CT molecular complexity index is 1290. The summed E-state index contributed by atoms with van der Waals surface area (Å²) < 4.78 is 16.0. The maximum absolute atomic E-state index is 13.0. The van der Waals surface area contributed by atoms with Crippen LogP contribution >= 0.6 is 0 Å². The maximum atomic E-state index is 13.0. The number of carbonyl (C=O) groups is 4. The summed E-state index contributed by atoms with van der Waals surface area (Å²) in [5, 5.41) is 42.0. The number of amides is 4. The van der Waals surface area contributed by atoms with E-state index in [1.807, 2.05) is 4.90 Å². The number of aliphatic hydroxyl groups is 1. The second kappa shape index (κ2) is 21.6. The molecule has 0 saturated carbocycles. The van der Waals surface area contributed by atoms with Gasteiger partial charge in [0, 0.05) is 72.6 Å². The first-order chi connectivity index (χ1) is 23.8. The van der Waals surface area contributed by atoms with Crippen molar-refractivity contribution in [1.29, 1.82) is 0 Å². The van der Waals surface area contributed by atoms with Crippen LogP contribution in [0.1, 0.15) is 41.4 Å². The van der Waals surface area contributed by atoms with Crippen molar-refractivity contribution in [3.8, 4) is 11.5 Å². The van der Waals surface area contributed by atoms with E-state index in [1.54, 1.807) is 12.0 Å². The normalized spacial score (nSPS) is 16.6. The highest BCUT2D eigenvalue weighted by Crippen LogP contribution is 2.23. The van der Waals surface area contributed by atoms with E-state index in [0.717, 1.165) is 0 Å². The molecule has 0 unspecified atom stereocenters. The minimum Gasteiger partial charge on any atom is -0.506 e. The van der Waals surface area contributed by atoms with Gasteiger partial charge in [0.15, 0.2) is 0 Å². The summed E-state index contributed by atoms with van der Waals surface area (Å²) in [6, 6.07) is 8.68. The zero-order valence-corrected chi connectivity index (χ0v) is 27.9. The Morgan fingerprint density at radius 2 is 0.918 bits per heavy atom. The number of fused-ring (bicyclic) bond motifs is 4. The molecular weight excluding hydrogens is 640 g/mol. The van der Waals surface area contributed by atoms with Crippen LogP contribution in [-0.4, -0.2) is 161 Å². The third-order valence-electron chi connectivity index (χ3n) is 7.68. The van der Waals surface area contributed by atoms with Gasteiger partial charge in [-0.2, -0.15) is 0 Å². The van der Waals surface area contributed by atoms with Gasteiger partial charge >= 0.3 is 0 Å². The Morgan fingerprint density at radius 3 is 1.29 bits per heavy atom. The van der Waals surface area contributed by atoms with Gasteiger partial charge in [-0.25, -0.2) is 0 Å². The van der Waals surface area contributed by atoms with Crippen molar-refractivity contribution in [2.75, 3.05) is 112 Å². The number of nitrogens with one attached hydrogen (secondary N) is 4. The summed E-state index contributed by atoms with van der Waals surface area (Å²) in [6.45, 7) is 4.66. The molecule has 4 amide bonds. The van der Waals surface area contributed by atoms with Crippen LogP contribution in [0.2, 0.25) is 0 Å². The van der Waals surface area contributed by atoms with Crippen molar-refractivity contribution < 1.29 is 48.7 Å². The number of carbonyl (C=O) groups excluding carboxylic acids is 4. The number of methoxy groups -OCH3 is 1. The molecule has 0 aliphatic carbocycles. The quantitative estimate of drug-likeness (QED) is 0.142. The molecule has 4 bridgehead atoms. The molecule has 2 aromatic carbocycles. The lowest BCUT2D eigenvalue weighted by atomic mass is 10.1. The number of phenols is 2. The number of benzene rings is 2. The van der Waals surface area contributed by atoms with E-state index in [4.69, 9.17) is 14.2 Å². The molecule has 1 heterocycles. The lowest BCUT2D eigenvalue weighted by Gasteiger charge is -2.23. The lowest BCUT2D eigenvalue weighted by Crippen LogP contribution is -2.41. The van der Waals surface area contributed by atoms with Gasteiger partial charge in [-0.05, 0) is 24.3 Å². The number of hydrogen-bond donors (Lipinski definition) is 7. The fourth-order valence-corrected chi connectivity index (χ4v) is 4.98. The van der Waals surface area contributed by atoms with Crippen molar-refractivity contribution >= 4 is 23.6 Å². The molecule has 0 spiro atoms. The highest BCUT2D eigenvalue weighted by Gasteiger charge is 2.21. The molecule has 0 radical (unpaired) electrons. The average molecular weight is 689 g/mol. The molecule has 0 atom stereocenters. The first-order valence-electron chi connectivity index (χ1n) is 16.2. The summed E-state index contributed by atoms with van der Waals surface area (Å²) in [6.07, 6.45) is 0. The fourth-order valence-electron chi connectivity index (χ4n) is 4.98. The molecule has 16 heteroatoms. The van der Waals surface area contributed by atoms with E-state index < -0.39 is 35.1 Å². The largest absolute Gasteiger partial charge is 0.506 e. The molecule has 2 aromatic rings. The second-order valence-electron chi connectivity index (χ2n) is 11.1. The molecule has 0 aromatic heterocycles. The number of hydrogen-bond acceptors (Lipinski definition) is 12. The predicted molar refractivity (Wildman–Crippen MR) is 179 cm³/mol. The van der Waals surface area contributed by atoms with Gasteiger partial charge in [-0.3, -0.25) is 29.0 Å². The maximum Gasteiger partial charge on any atom is 0.255 e. The lowest BCUT2D eigenvalue weighted by molar-refractivity contribution is 0.0196. The summed E-state index contributed by atoms with van der Waals surface area (Å²) in [5.74, 6) is -3.18. The molecule has 1 aliphatic heterocycles. The van der Waals surface area contributed by atoms with E-state index in [1.165, 1.54) is 36.4 Å². The fraction of sp³-hybridized carbons (Fsp3) is 0.515. The van der Waals surface area contributed by atoms with E-state index in [-0.39, 0.29) is 61.6 Å². The average Bonchev–Trinajstić information content (AvgIpc) is 3.08. The number of β-amino-alcohol motifs (C(OH)–C–C–N with tert-alkyl or cyclic N) is 1. The van der Waals surface area contributed by atoms with Crippen LogP contribution in [-0.2, 0) is 14.2 Å². The molecule has 3 rings (SSSR count). The summed E-state index contributed by atoms with van der Waals surface area (Å²) in [5.41, 5.74) is -0.244. The van der Waals surface area contributed by atoms with Gasteiger partial charge in [-0.1, -0.05) is 12.1 Å². The summed E-state index contributed by atoms with van der Waals surface area (Å²) >= 11 is 0. The first-order valence-corrected chi connectivity index (χ1v) is 16.2. The van der Waals surface area contributed by atoms with Crippen molar-refractivity contribution in [3.05, 3.63) is 58.7 Å². The van der Waals surface area contributed by atoms with Gasteiger partial charge < -0.3 is 50.8 Å². The van der Waals surface area contributed by atoms with Crippen LogP contribution in [0.15, 0.2) is 36.4 Å². The van der Waals surface area contributed by atoms with Crippen molar-refractivity contribution in [1.82, 2.24) is 31.1 Å². The van der Waals surface area contributed by atoms with Gasteiger partial charge in [0.05, 0.1) is 61.9 Å². The number of ether oxygens (including phenoxy) is 3. The summed E-state index contributed by atoms with van der Waals surface area (Å²) in [4.78, 5) is 55.6. The Hall–Kier alpha value is -4.32. The molecule has 0 saturated heterocycles. The van der Waals surface area contributed by atoms with Crippen LogP contribution in [0.5, 0.6) is 11.5 Å². The Balaban J connectivity index is 1.74. The Kier molecular flexibility index (Phi) is 17.3. The van der Waals surface area contributed by atoms with E-state index in [9.17, 15) is 34.5 Å². The SMILES string of the molecule is COCCOCCOCCN1CCNC(=O)c2cccc(c2O)C(=O)NCCN(CCO)CCNC(=O)c2cccc(c2O)C(=O)NCC1. The number of para-hydroxylation sites is 2. The molecular formula is C33H48N6O10. The third-order valence-corrected chi connectivity index (χ3v) is 7.68. The van der Waals surface area contributed by atoms with E-state index in [0.29, 0.717) is 65.8 Å². The monoisotopic (exact) mass is 688 g/mol. The van der Waals surface area contributed by atoms with Crippen molar-refractivity contribution in [2.45, 2.75) is 0 Å². The number of phenolic OH excluding ortho intramolecular Hbond substituents is 2. The zero-order chi connectivity index (χ0) is 35.4.